The van der Waals surface area contributed by atoms with E-state index < -0.39 is 6.10 Å². The third kappa shape index (κ3) is 62.0. The molecule has 0 saturated heterocycles. The van der Waals surface area contributed by atoms with Crippen molar-refractivity contribution in [3.05, 3.63) is 60.8 Å². The Morgan fingerprint density at radius 2 is 0.513 bits per heavy atom. The van der Waals surface area contributed by atoms with E-state index in [9.17, 15) is 14.4 Å². The molecule has 0 aromatic rings. The average molecular weight is 1060 g/mol. The largest absolute Gasteiger partial charge is 0.462 e. The molecule has 6 nitrogen and oxygen atoms in total. The predicted octanol–water partition coefficient (Wildman–Crippen LogP) is 22.7. The average Bonchev–Trinajstić information content (AvgIpc) is 3.42. The molecule has 0 rings (SSSR count). The first-order valence-corrected chi connectivity index (χ1v) is 33.3. The zero-order chi connectivity index (χ0) is 55.0. The van der Waals surface area contributed by atoms with Crippen LogP contribution in [-0.2, 0) is 28.6 Å². The van der Waals surface area contributed by atoms with Crippen LogP contribution in [-0.4, -0.2) is 37.2 Å². The molecule has 0 radical (unpaired) electrons. The van der Waals surface area contributed by atoms with E-state index in [1.54, 1.807) is 0 Å². The Hall–Kier alpha value is -2.89. The molecule has 442 valence electrons. The van der Waals surface area contributed by atoms with Gasteiger partial charge >= 0.3 is 17.9 Å². The van der Waals surface area contributed by atoms with Crippen LogP contribution in [0.3, 0.4) is 0 Å². The maximum absolute atomic E-state index is 12.9. The van der Waals surface area contributed by atoms with Crippen molar-refractivity contribution in [3.63, 3.8) is 0 Å². The third-order valence-electron chi connectivity index (χ3n) is 14.8. The summed E-state index contributed by atoms with van der Waals surface area (Å²) in [6.45, 7) is 6.54. The normalized spacial score (nSPS) is 12.4. The Morgan fingerprint density at radius 3 is 0.789 bits per heavy atom. The molecule has 0 N–H and O–H groups in total. The molecule has 1 atom stereocenters. The fourth-order valence-electron chi connectivity index (χ4n) is 9.84. The number of hydrogen-bond acceptors (Lipinski definition) is 6. The van der Waals surface area contributed by atoms with Crippen LogP contribution in [0.5, 0.6) is 0 Å². The number of esters is 3. The number of hydrogen-bond donors (Lipinski definition) is 0. The maximum Gasteiger partial charge on any atom is 0.306 e. The van der Waals surface area contributed by atoms with Gasteiger partial charge in [0.05, 0.1) is 0 Å². The molecular weight excluding hydrogens is 937 g/mol. The van der Waals surface area contributed by atoms with E-state index in [0.717, 1.165) is 77.0 Å². The second-order valence-corrected chi connectivity index (χ2v) is 22.4. The molecule has 0 fully saturated rings. The number of ether oxygens (including phenoxy) is 3. The quantitative estimate of drug-likeness (QED) is 0.0261. The third-order valence-corrected chi connectivity index (χ3v) is 14.8. The lowest BCUT2D eigenvalue weighted by Crippen LogP contribution is -2.30. The molecule has 0 heterocycles. The first-order valence-electron chi connectivity index (χ1n) is 33.3. The summed E-state index contributed by atoms with van der Waals surface area (Å²) in [5.41, 5.74) is 0. The zero-order valence-electron chi connectivity index (χ0n) is 50.8. The Bertz CT molecular complexity index is 1360. The molecule has 0 aliphatic rings. The van der Waals surface area contributed by atoms with E-state index >= 15 is 0 Å². The molecule has 6 heteroatoms. The zero-order valence-corrected chi connectivity index (χ0v) is 50.8. The van der Waals surface area contributed by atoms with Gasteiger partial charge in [0.15, 0.2) is 6.10 Å². The molecule has 0 bridgehead atoms. The molecule has 0 aromatic carbocycles. The van der Waals surface area contributed by atoms with E-state index in [2.05, 4.69) is 81.5 Å². The minimum atomic E-state index is -0.802. The van der Waals surface area contributed by atoms with Gasteiger partial charge in [-0.2, -0.15) is 0 Å². The lowest BCUT2D eigenvalue weighted by atomic mass is 10.0. The summed E-state index contributed by atoms with van der Waals surface area (Å²) in [5, 5.41) is 0. The summed E-state index contributed by atoms with van der Waals surface area (Å²) in [5.74, 6) is -0.930. The van der Waals surface area contributed by atoms with Crippen LogP contribution in [0.15, 0.2) is 60.8 Å². The SMILES string of the molecule is CC/C=C\C/C=C\C/C=C\C/C=C\C/C=C\CCCC(=O)OC(COC(=O)CCCCCCCCCCCCCCCC)COC(=O)CCCCCCCCCCCCCCCCCCCCCCCCCCCCC. The van der Waals surface area contributed by atoms with Crippen LogP contribution in [0, 0.1) is 0 Å². The Labute approximate surface area is 472 Å². The predicted molar refractivity (Wildman–Crippen MR) is 330 cm³/mol. The van der Waals surface area contributed by atoms with Gasteiger partial charge in [0.25, 0.3) is 0 Å². The summed E-state index contributed by atoms with van der Waals surface area (Å²) < 4.78 is 16.9. The van der Waals surface area contributed by atoms with Crippen molar-refractivity contribution in [3.8, 4) is 0 Å². The van der Waals surface area contributed by atoms with Crippen molar-refractivity contribution < 1.29 is 28.6 Å². The molecule has 0 spiro atoms. The van der Waals surface area contributed by atoms with E-state index in [0.29, 0.717) is 19.3 Å². The summed E-state index contributed by atoms with van der Waals surface area (Å²) >= 11 is 0. The number of carbonyl (C=O) groups is 3. The highest BCUT2D eigenvalue weighted by Gasteiger charge is 2.19. The molecule has 0 saturated carbocycles. The van der Waals surface area contributed by atoms with Gasteiger partial charge in [0, 0.05) is 19.3 Å². The highest BCUT2D eigenvalue weighted by molar-refractivity contribution is 5.71. The van der Waals surface area contributed by atoms with Crippen molar-refractivity contribution in [1.82, 2.24) is 0 Å². The number of unbranched alkanes of at least 4 members (excludes halogenated alkanes) is 40. The fourth-order valence-corrected chi connectivity index (χ4v) is 9.84. The monoisotopic (exact) mass is 1060 g/mol. The van der Waals surface area contributed by atoms with Gasteiger partial charge < -0.3 is 14.2 Å². The first kappa shape index (κ1) is 73.1. The second-order valence-electron chi connectivity index (χ2n) is 22.4. The fraction of sp³-hybridized carbons (Fsp3) is 0.814. The Kier molecular flexibility index (Phi) is 62.2. The molecule has 76 heavy (non-hydrogen) atoms. The highest BCUT2D eigenvalue weighted by Crippen LogP contribution is 2.18. The van der Waals surface area contributed by atoms with E-state index in [1.807, 2.05) is 0 Å². The smallest absolute Gasteiger partial charge is 0.306 e. The van der Waals surface area contributed by atoms with Crippen LogP contribution in [0.4, 0.5) is 0 Å². The number of carbonyl (C=O) groups excluding carboxylic acids is 3. The molecule has 0 aliphatic carbocycles. The van der Waals surface area contributed by atoms with Crippen LogP contribution in [0.1, 0.15) is 348 Å². The summed E-state index contributed by atoms with van der Waals surface area (Å²) in [7, 11) is 0. The first-order chi connectivity index (χ1) is 37.5. The number of allylic oxidation sites excluding steroid dienone is 10. The van der Waals surface area contributed by atoms with Gasteiger partial charge in [-0.1, -0.05) is 332 Å². The topological polar surface area (TPSA) is 78.9 Å². The van der Waals surface area contributed by atoms with Gasteiger partial charge in [-0.15, -0.1) is 0 Å². The standard InChI is InChI=1S/C70H126O6/c1-4-7-10-13-16-19-22-25-28-30-31-32-33-34-35-36-37-38-39-41-42-45-48-51-54-57-60-63-69(72)75-66-67(65-74-68(71)62-59-56-53-50-47-44-27-24-21-18-15-12-9-6-3)76-70(73)64-61-58-55-52-49-46-43-40-29-26-23-20-17-14-11-8-5-2/h8,11,17,20,26,29,43,46,52,55,67H,4-7,9-10,12-16,18-19,21-25,27-28,30-42,44-45,47-51,53-54,56-66H2,1-3H3/b11-8-,20-17-,29-26-,46-43-,55-52-. The van der Waals surface area contributed by atoms with Crippen LogP contribution in [0.25, 0.3) is 0 Å². The minimum Gasteiger partial charge on any atom is -0.462 e. The summed E-state index contributed by atoms with van der Waals surface area (Å²) in [6, 6.07) is 0. The van der Waals surface area contributed by atoms with Gasteiger partial charge in [-0.05, 0) is 57.8 Å². The van der Waals surface area contributed by atoms with Gasteiger partial charge in [-0.3, -0.25) is 14.4 Å². The van der Waals surface area contributed by atoms with Crippen molar-refractivity contribution in [2.24, 2.45) is 0 Å². The van der Waals surface area contributed by atoms with Gasteiger partial charge in [0.2, 0.25) is 0 Å². The molecule has 0 aliphatic heterocycles. The lowest BCUT2D eigenvalue weighted by molar-refractivity contribution is -0.167. The van der Waals surface area contributed by atoms with Gasteiger partial charge in [-0.25, -0.2) is 0 Å². The van der Waals surface area contributed by atoms with Crippen molar-refractivity contribution in [1.29, 1.82) is 0 Å². The lowest BCUT2D eigenvalue weighted by Gasteiger charge is -2.18. The summed E-state index contributed by atoms with van der Waals surface area (Å²) in [6.07, 6.45) is 82.6. The minimum absolute atomic E-state index is 0.0923. The summed E-state index contributed by atoms with van der Waals surface area (Å²) in [4.78, 5) is 38.3. The van der Waals surface area contributed by atoms with Crippen LogP contribution in [0.2, 0.25) is 0 Å². The maximum atomic E-state index is 12.9. The van der Waals surface area contributed by atoms with Crippen LogP contribution < -0.4 is 0 Å². The van der Waals surface area contributed by atoms with E-state index in [-0.39, 0.29) is 37.5 Å². The van der Waals surface area contributed by atoms with E-state index in [4.69, 9.17) is 14.2 Å². The van der Waals surface area contributed by atoms with Crippen molar-refractivity contribution >= 4 is 17.9 Å². The molecule has 1 unspecified atom stereocenters. The van der Waals surface area contributed by atoms with Crippen molar-refractivity contribution in [2.45, 2.75) is 354 Å². The number of rotatable bonds is 61. The van der Waals surface area contributed by atoms with Crippen molar-refractivity contribution in [2.75, 3.05) is 13.2 Å². The van der Waals surface area contributed by atoms with Gasteiger partial charge in [0.1, 0.15) is 13.2 Å². The molecule has 0 amide bonds. The Morgan fingerprint density at radius 1 is 0.276 bits per heavy atom. The van der Waals surface area contributed by atoms with Crippen LogP contribution >= 0.6 is 0 Å². The molecular formula is C70H126O6. The molecule has 0 aromatic heterocycles. The second kappa shape index (κ2) is 64.6. The highest BCUT2D eigenvalue weighted by atomic mass is 16.6. The van der Waals surface area contributed by atoms with E-state index in [1.165, 1.54) is 225 Å². The Balaban J connectivity index is 4.27.